The molecule has 2 aromatic rings. The number of thioether (sulfide) groups is 1. The minimum Gasteiger partial charge on any atom is -0.480 e. The van der Waals surface area contributed by atoms with Crippen LogP contribution in [0.25, 0.3) is 0 Å². The molecule has 1 heterocycles. The number of rotatable bonds is 6. The Morgan fingerprint density at radius 3 is 2.46 bits per heavy atom. The van der Waals surface area contributed by atoms with Crippen LogP contribution < -0.4 is 5.32 Å². The molecule has 0 aliphatic heterocycles. The summed E-state index contributed by atoms with van der Waals surface area (Å²) in [5, 5.41) is 11.3. The highest BCUT2D eigenvalue weighted by Crippen LogP contribution is 2.27. The van der Waals surface area contributed by atoms with Crippen molar-refractivity contribution in [2.24, 2.45) is 0 Å². The van der Waals surface area contributed by atoms with E-state index in [9.17, 15) is 9.59 Å². The van der Waals surface area contributed by atoms with Gasteiger partial charge in [-0.3, -0.25) is 14.6 Å². The molecule has 0 spiro atoms. The van der Waals surface area contributed by atoms with Crippen LogP contribution >= 0.6 is 11.8 Å². The predicted octanol–water partition coefficient (Wildman–Crippen LogP) is 3.19. The molecule has 24 heavy (non-hydrogen) atoms. The second kappa shape index (κ2) is 7.97. The third kappa shape index (κ3) is 4.83. The molecule has 1 aromatic heterocycles. The Morgan fingerprint density at radius 2 is 1.83 bits per heavy atom. The molecule has 0 saturated carbocycles. The first-order valence-electron chi connectivity index (χ1n) is 7.57. The van der Waals surface area contributed by atoms with E-state index >= 15 is 0 Å². The molecule has 0 fully saturated rings. The van der Waals surface area contributed by atoms with Gasteiger partial charge in [-0.05, 0) is 50.6 Å². The van der Waals surface area contributed by atoms with Crippen molar-refractivity contribution in [3.8, 4) is 0 Å². The molecule has 1 aromatic carbocycles. The minimum atomic E-state index is -0.905. The zero-order chi connectivity index (χ0) is 17.7. The fraction of sp³-hybridized carbons (Fsp3) is 0.278. The van der Waals surface area contributed by atoms with Crippen molar-refractivity contribution in [3.05, 3.63) is 58.9 Å². The Morgan fingerprint density at radius 1 is 1.21 bits per heavy atom. The molecular weight excluding hydrogens is 324 g/mol. The smallest absolute Gasteiger partial charge is 0.316 e. The number of carboxylic acid groups (broad SMARTS) is 1. The molecule has 0 bridgehead atoms. The van der Waals surface area contributed by atoms with E-state index in [1.54, 1.807) is 31.2 Å². The number of nitrogens with zero attached hydrogens (tertiary/aromatic N) is 1. The zero-order valence-corrected chi connectivity index (χ0v) is 14.7. The monoisotopic (exact) mass is 344 g/mol. The average Bonchev–Trinajstić information content (AvgIpc) is 2.52. The van der Waals surface area contributed by atoms with Gasteiger partial charge in [0.25, 0.3) is 5.91 Å². The van der Waals surface area contributed by atoms with Crippen LogP contribution in [0.1, 0.15) is 34.2 Å². The van der Waals surface area contributed by atoms with Gasteiger partial charge in [0.1, 0.15) is 5.25 Å². The van der Waals surface area contributed by atoms with Crippen LogP contribution in [0.15, 0.2) is 41.3 Å². The molecule has 1 unspecified atom stereocenters. The normalized spacial score (nSPS) is 11.8. The lowest BCUT2D eigenvalue weighted by Crippen LogP contribution is -2.24. The lowest BCUT2D eigenvalue weighted by molar-refractivity contribution is -0.136. The first-order valence-corrected chi connectivity index (χ1v) is 8.45. The maximum Gasteiger partial charge on any atom is 0.316 e. The van der Waals surface area contributed by atoms with Crippen LogP contribution in [0.4, 0.5) is 0 Å². The molecule has 1 amide bonds. The predicted molar refractivity (Wildman–Crippen MR) is 94.3 cm³/mol. The SMILES string of the molecule is Cc1cc(CNC(=O)c2ccccc2SC(C)C(=O)O)cc(C)n1. The van der Waals surface area contributed by atoms with E-state index in [-0.39, 0.29) is 5.91 Å². The van der Waals surface area contributed by atoms with Gasteiger partial charge in [0.15, 0.2) is 0 Å². The molecule has 1 atom stereocenters. The van der Waals surface area contributed by atoms with Gasteiger partial charge in [-0.1, -0.05) is 12.1 Å². The van der Waals surface area contributed by atoms with Crippen LogP contribution in [0.2, 0.25) is 0 Å². The summed E-state index contributed by atoms with van der Waals surface area (Å²) in [6.45, 7) is 5.83. The highest BCUT2D eigenvalue weighted by molar-refractivity contribution is 8.00. The number of benzene rings is 1. The van der Waals surface area contributed by atoms with Gasteiger partial charge in [-0.25, -0.2) is 0 Å². The number of hydrogen-bond donors (Lipinski definition) is 2. The Labute approximate surface area is 145 Å². The molecule has 6 heteroatoms. The van der Waals surface area contributed by atoms with Gasteiger partial charge < -0.3 is 10.4 Å². The summed E-state index contributed by atoms with van der Waals surface area (Å²) in [5.41, 5.74) is 3.28. The first-order chi connectivity index (χ1) is 11.4. The van der Waals surface area contributed by atoms with Crippen molar-refractivity contribution < 1.29 is 14.7 Å². The second-order valence-electron chi connectivity index (χ2n) is 5.54. The van der Waals surface area contributed by atoms with Crippen LogP contribution in [0, 0.1) is 13.8 Å². The maximum absolute atomic E-state index is 12.5. The third-order valence-electron chi connectivity index (χ3n) is 3.38. The Bertz CT molecular complexity index is 741. The lowest BCUT2D eigenvalue weighted by Gasteiger charge is -2.12. The number of carbonyl (C=O) groups is 2. The molecule has 2 N–H and O–H groups in total. The topological polar surface area (TPSA) is 79.3 Å². The number of hydrogen-bond acceptors (Lipinski definition) is 4. The molecule has 5 nitrogen and oxygen atoms in total. The van der Waals surface area contributed by atoms with E-state index in [1.807, 2.05) is 26.0 Å². The second-order valence-corrected chi connectivity index (χ2v) is 6.92. The zero-order valence-electron chi connectivity index (χ0n) is 13.9. The van der Waals surface area contributed by atoms with E-state index < -0.39 is 11.2 Å². The molecule has 2 rings (SSSR count). The number of carbonyl (C=O) groups excluding carboxylic acids is 1. The first kappa shape index (κ1) is 18.0. The summed E-state index contributed by atoms with van der Waals surface area (Å²) >= 11 is 1.16. The fourth-order valence-corrected chi connectivity index (χ4v) is 3.23. The number of aryl methyl sites for hydroxylation is 2. The number of nitrogens with one attached hydrogen (secondary N) is 1. The number of carboxylic acids is 1. The van der Waals surface area contributed by atoms with Gasteiger partial charge in [-0.2, -0.15) is 0 Å². The number of aromatic nitrogens is 1. The molecule has 0 saturated heterocycles. The lowest BCUT2D eigenvalue weighted by atomic mass is 10.1. The van der Waals surface area contributed by atoms with Crippen molar-refractivity contribution in [2.45, 2.75) is 37.5 Å². The number of amides is 1. The Balaban J connectivity index is 2.11. The third-order valence-corrected chi connectivity index (χ3v) is 4.54. The van der Waals surface area contributed by atoms with Crippen molar-refractivity contribution in [2.75, 3.05) is 0 Å². The van der Waals surface area contributed by atoms with Crippen molar-refractivity contribution in [3.63, 3.8) is 0 Å². The van der Waals surface area contributed by atoms with E-state index in [2.05, 4.69) is 10.3 Å². The summed E-state index contributed by atoms with van der Waals surface area (Å²) in [6, 6.07) is 10.9. The molecular formula is C18H20N2O3S. The average molecular weight is 344 g/mol. The van der Waals surface area contributed by atoms with Crippen molar-refractivity contribution >= 4 is 23.6 Å². The van der Waals surface area contributed by atoms with Gasteiger partial charge >= 0.3 is 5.97 Å². The molecule has 0 aliphatic carbocycles. The highest BCUT2D eigenvalue weighted by Gasteiger charge is 2.17. The maximum atomic E-state index is 12.5. The Kier molecular flexibility index (Phi) is 5.98. The van der Waals surface area contributed by atoms with Gasteiger partial charge in [0.05, 0.1) is 5.56 Å². The van der Waals surface area contributed by atoms with E-state index in [0.29, 0.717) is 17.0 Å². The van der Waals surface area contributed by atoms with Crippen LogP contribution in [0.5, 0.6) is 0 Å². The van der Waals surface area contributed by atoms with Crippen LogP contribution in [-0.4, -0.2) is 27.2 Å². The summed E-state index contributed by atoms with van der Waals surface area (Å²) in [4.78, 5) is 28.5. The molecule has 0 radical (unpaired) electrons. The Hall–Kier alpha value is -2.34. The van der Waals surface area contributed by atoms with E-state index in [4.69, 9.17) is 5.11 Å². The molecule has 126 valence electrons. The summed E-state index contributed by atoms with van der Waals surface area (Å²) < 4.78 is 0. The van der Waals surface area contributed by atoms with Gasteiger partial charge in [0, 0.05) is 22.8 Å². The quantitative estimate of drug-likeness (QED) is 0.787. The van der Waals surface area contributed by atoms with Gasteiger partial charge in [-0.15, -0.1) is 11.8 Å². The van der Waals surface area contributed by atoms with E-state index in [0.717, 1.165) is 28.7 Å². The van der Waals surface area contributed by atoms with Crippen molar-refractivity contribution in [1.29, 1.82) is 0 Å². The highest BCUT2D eigenvalue weighted by atomic mass is 32.2. The van der Waals surface area contributed by atoms with E-state index in [1.165, 1.54) is 0 Å². The standard InChI is InChI=1S/C18H20N2O3S/c1-11-8-14(9-12(2)20-11)10-19-17(21)15-6-4-5-7-16(15)24-13(3)18(22)23/h4-9,13H,10H2,1-3H3,(H,19,21)(H,22,23). The number of aliphatic carboxylic acids is 1. The van der Waals surface area contributed by atoms with Gasteiger partial charge in [0.2, 0.25) is 0 Å². The summed E-state index contributed by atoms with van der Waals surface area (Å²) in [5.74, 6) is -1.12. The number of pyridine rings is 1. The van der Waals surface area contributed by atoms with Crippen molar-refractivity contribution in [1.82, 2.24) is 10.3 Å². The minimum absolute atomic E-state index is 0.220. The summed E-state index contributed by atoms with van der Waals surface area (Å²) in [7, 11) is 0. The fourth-order valence-electron chi connectivity index (χ4n) is 2.30. The van der Waals surface area contributed by atoms with Crippen LogP contribution in [0.3, 0.4) is 0 Å². The van der Waals surface area contributed by atoms with Crippen LogP contribution in [-0.2, 0) is 11.3 Å². The largest absolute Gasteiger partial charge is 0.480 e. The summed E-state index contributed by atoms with van der Waals surface area (Å²) in [6.07, 6.45) is 0. The molecule has 0 aliphatic rings.